The lowest BCUT2D eigenvalue weighted by Gasteiger charge is -2.17. The molecule has 1 saturated carbocycles. The maximum absolute atomic E-state index is 12.3. The monoisotopic (exact) mass is 304 g/mol. The van der Waals surface area contributed by atoms with Crippen LogP contribution < -0.4 is 5.11 Å². The van der Waals surface area contributed by atoms with Crippen LogP contribution in [0, 0.1) is 11.8 Å². The lowest BCUT2D eigenvalue weighted by Crippen LogP contribution is -2.36. The number of esters is 1. The Kier molecular flexibility index (Phi) is 3.56. The number of ether oxygens (including phenoxy) is 1. The van der Waals surface area contributed by atoms with E-state index in [-0.39, 0.29) is 36.8 Å². The zero-order valence-electron chi connectivity index (χ0n) is 11.7. The van der Waals surface area contributed by atoms with E-state index in [1.165, 1.54) is 0 Å². The molecule has 0 radical (unpaired) electrons. The fourth-order valence-electron chi connectivity index (χ4n) is 3.53. The number of hydrogen-bond acceptors (Lipinski definition) is 6. The number of carbonyl (C=O) groups is 4. The van der Waals surface area contributed by atoms with Gasteiger partial charge in [-0.2, -0.15) is 0 Å². The van der Waals surface area contributed by atoms with E-state index in [9.17, 15) is 24.3 Å². The van der Waals surface area contributed by atoms with Crippen molar-refractivity contribution in [3.05, 3.63) is 23.3 Å². The fourth-order valence-corrected chi connectivity index (χ4v) is 3.53. The van der Waals surface area contributed by atoms with Crippen LogP contribution in [0.1, 0.15) is 19.3 Å². The van der Waals surface area contributed by atoms with Crippen molar-refractivity contribution in [2.24, 2.45) is 11.8 Å². The van der Waals surface area contributed by atoms with Gasteiger partial charge in [-0.1, -0.05) is 0 Å². The topological polar surface area (TPSA) is 104 Å². The van der Waals surface area contributed by atoms with Crippen molar-refractivity contribution in [3.63, 3.8) is 0 Å². The SMILES string of the molecule is O=C([O-])/C=C\C(=O)OCCN1C(=O)C2=C(C1=O)C1CCC2C1. The Hall–Kier alpha value is -2.44. The molecule has 2 aliphatic carbocycles. The second-order valence-electron chi connectivity index (χ2n) is 5.62. The van der Waals surface area contributed by atoms with Crippen LogP contribution in [-0.2, 0) is 23.9 Å². The van der Waals surface area contributed by atoms with E-state index >= 15 is 0 Å². The van der Waals surface area contributed by atoms with Crippen LogP contribution in [0.3, 0.4) is 0 Å². The molecule has 0 saturated heterocycles. The zero-order chi connectivity index (χ0) is 15.9. The molecule has 1 fully saturated rings. The average Bonchev–Trinajstić information content (AvgIpc) is 3.14. The predicted molar refractivity (Wildman–Crippen MR) is 69.7 cm³/mol. The van der Waals surface area contributed by atoms with Crippen LogP contribution in [0.15, 0.2) is 23.3 Å². The van der Waals surface area contributed by atoms with Gasteiger partial charge in [0.25, 0.3) is 11.8 Å². The van der Waals surface area contributed by atoms with Crippen LogP contribution in [0.5, 0.6) is 0 Å². The molecule has 0 aromatic heterocycles. The Balaban J connectivity index is 1.55. The van der Waals surface area contributed by atoms with E-state index in [1.807, 2.05) is 0 Å². The Labute approximate surface area is 126 Å². The van der Waals surface area contributed by atoms with Crippen LogP contribution in [0.4, 0.5) is 0 Å². The van der Waals surface area contributed by atoms with Gasteiger partial charge in [-0.15, -0.1) is 0 Å². The van der Waals surface area contributed by atoms with E-state index < -0.39 is 11.9 Å². The van der Waals surface area contributed by atoms with Gasteiger partial charge in [-0.3, -0.25) is 14.5 Å². The van der Waals surface area contributed by atoms with E-state index in [0.29, 0.717) is 17.2 Å². The normalized spacial score (nSPS) is 26.3. The maximum atomic E-state index is 12.3. The maximum Gasteiger partial charge on any atom is 0.330 e. The molecule has 1 heterocycles. The van der Waals surface area contributed by atoms with Crippen molar-refractivity contribution in [2.75, 3.05) is 13.2 Å². The number of carbonyl (C=O) groups excluding carboxylic acids is 4. The number of fused-ring (bicyclic) bond motifs is 4. The zero-order valence-corrected chi connectivity index (χ0v) is 11.7. The summed E-state index contributed by atoms with van der Waals surface area (Å²) in [5, 5.41) is 10.1. The first-order valence-electron chi connectivity index (χ1n) is 7.15. The molecule has 2 bridgehead atoms. The number of rotatable bonds is 5. The Morgan fingerprint density at radius 1 is 1.14 bits per heavy atom. The smallest absolute Gasteiger partial charge is 0.330 e. The Morgan fingerprint density at radius 3 is 2.27 bits per heavy atom. The Bertz CT molecular complexity index is 600. The van der Waals surface area contributed by atoms with Crippen molar-refractivity contribution in [1.29, 1.82) is 0 Å². The summed E-state index contributed by atoms with van der Waals surface area (Å²) < 4.78 is 4.76. The molecule has 3 rings (SSSR count). The molecule has 3 aliphatic rings. The highest BCUT2D eigenvalue weighted by Crippen LogP contribution is 2.52. The van der Waals surface area contributed by atoms with E-state index in [0.717, 1.165) is 30.2 Å². The van der Waals surface area contributed by atoms with E-state index in [1.54, 1.807) is 0 Å². The summed E-state index contributed by atoms with van der Waals surface area (Å²) in [5.41, 5.74) is 1.31. The summed E-state index contributed by atoms with van der Waals surface area (Å²) in [7, 11) is 0. The second kappa shape index (κ2) is 5.40. The number of hydrogen-bond donors (Lipinski definition) is 0. The van der Waals surface area contributed by atoms with Crippen LogP contribution in [0.25, 0.3) is 0 Å². The van der Waals surface area contributed by atoms with Crippen molar-refractivity contribution < 1.29 is 29.0 Å². The largest absolute Gasteiger partial charge is 0.545 e. The molecule has 0 aromatic rings. The molecule has 2 unspecified atom stereocenters. The molecule has 0 spiro atoms. The first-order valence-corrected chi connectivity index (χ1v) is 7.15. The molecule has 0 aromatic carbocycles. The molecule has 22 heavy (non-hydrogen) atoms. The number of amides is 2. The molecule has 116 valence electrons. The van der Waals surface area contributed by atoms with Gasteiger partial charge >= 0.3 is 5.97 Å². The summed E-state index contributed by atoms with van der Waals surface area (Å²) in [6, 6.07) is 0. The lowest BCUT2D eigenvalue weighted by atomic mass is 9.93. The lowest BCUT2D eigenvalue weighted by molar-refractivity contribution is -0.297. The molecule has 2 amide bonds. The number of carboxylic acid groups (broad SMARTS) is 1. The Morgan fingerprint density at radius 2 is 1.73 bits per heavy atom. The molecule has 7 heteroatoms. The van der Waals surface area contributed by atoms with Gasteiger partial charge in [-0.05, 0) is 37.2 Å². The minimum atomic E-state index is -1.50. The second-order valence-corrected chi connectivity index (χ2v) is 5.62. The van der Waals surface area contributed by atoms with Gasteiger partial charge in [0.15, 0.2) is 0 Å². The first kappa shape index (κ1) is 14.5. The molecule has 2 atom stereocenters. The standard InChI is InChI=1S/C15H15NO6/c17-10(18)3-4-11(19)22-6-5-16-14(20)12-8-1-2-9(7-8)13(12)15(16)21/h3-4,8-9H,1-2,5-7H2,(H,17,18)/p-1/b4-3-. The number of nitrogens with zero attached hydrogens (tertiary/aromatic N) is 1. The minimum Gasteiger partial charge on any atom is -0.545 e. The highest BCUT2D eigenvalue weighted by Gasteiger charge is 2.51. The summed E-state index contributed by atoms with van der Waals surface area (Å²) >= 11 is 0. The van der Waals surface area contributed by atoms with Crippen LogP contribution in [0.2, 0.25) is 0 Å². The number of likely N-dealkylation sites (tertiary alicyclic amines) is 1. The van der Waals surface area contributed by atoms with Gasteiger partial charge in [0.2, 0.25) is 0 Å². The molecule has 0 N–H and O–H groups in total. The van der Waals surface area contributed by atoms with Gasteiger partial charge in [0.1, 0.15) is 6.61 Å². The van der Waals surface area contributed by atoms with E-state index in [4.69, 9.17) is 4.74 Å². The molecular formula is C15H14NO6-. The summed E-state index contributed by atoms with van der Waals surface area (Å²) in [6.45, 7) is -0.182. The number of carboxylic acids is 1. The van der Waals surface area contributed by atoms with Crippen LogP contribution in [-0.4, -0.2) is 41.8 Å². The first-order chi connectivity index (χ1) is 10.5. The van der Waals surface area contributed by atoms with Crippen LogP contribution >= 0.6 is 0 Å². The third-order valence-electron chi connectivity index (χ3n) is 4.41. The van der Waals surface area contributed by atoms with Crippen molar-refractivity contribution >= 4 is 23.8 Å². The molecular weight excluding hydrogens is 290 g/mol. The highest BCUT2D eigenvalue weighted by molar-refractivity contribution is 6.20. The third kappa shape index (κ3) is 2.32. The summed E-state index contributed by atoms with van der Waals surface area (Å²) in [4.78, 5) is 47.0. The number of imide groups is 1. The average molecular weight is 304 g/mol. The highest BCUT2D eigenvalue weighted by atomic mass is 16.5. The van der Waals surface area contributed by atoms with Gasteiger partial charge in [-0.25, -0.2) is 4.79 Å². The minimum absolute atomic E-state index is 0.0188. The van der Waals surface area contributed by atoms with Gasteiger partial charge in [0, 0.05) is 17.2 Å². The predicted octanol–water partition coefficient (Wildman–Crippen LogP) is -1.07. The molecule has 1 aliphatic heterocycles. The third-order valence-corrected chi connectivity index (χ3v) is 4.41. The summed E-state index contributed by atoms with van der Waals surface area (Å²) in [5.74, 6) is -2.49. The van der Waals surface area contributed by atoms with Crippen molar-refractivity contribution in [3.8, 4) is 0 Å². The molecule has 7 nitrogen and oxygen atoms in total. The quantitative estimate of drug-likeness (QED) is 0.364. The van der Waals surface area contributed by atoms with E-state index in [2.05, 4.69) is 0 Å². The van der Waals surface area contributed by atoms with Gasteiger partial charge < -0.3 is 14.6 Å². The number of aliphatic carboxylic acids is 1. The van der Waals surface area contributed by atoms with Crippen molar-refractivity contribution in [2.45, 2.75) is 19.3 Å². The fraction of sp³-hybridized carbons (Fsp3) is 0.467. The summed E-state index contributed by atoms with van der Waals surface area (Å²) in [6.07, 6.45) is 4.10. The van der Waals surface area contributed by atoms with Gasteiger partial charge in [0.05, 0.1) is 12.5 Å². The van der Waals surface area contributed by atoms with Crippen molar-refractivity contribution in [1.82, 2.24) is 4.90 Å².